The van der Waals surface area contributed by atoms with Crippen LogP contribution in [-0.4, -0.2) is 16.5 Å². The summed E-state index contributed by atoms with van der Waals surface area (Å²) in [6.07, 6.45) is 0. The van der Waals surface area contributed by atoms with Gasteiger partial charge in [-0.3, -0.25) is 0 Å². The van der Waals surface area contributed by atoms with Crippen LogP contribution >= 0.6 is 0 Å². The molecular formula is C18H22NSi2-. The smallest absolute Gasteiger partial charge is 0.00247 e. The van der Waals surface area contributed by atoms with Gasteiger partial charge < -0.3 is 4.65 Å². The van der Waals surface area contributed by atoms with Gasteiger partial charge in [-0.2, -0.15) is 0 Å². The Balaban J connectivity index is 2.40. The lowest BCUT2D eigenvalue weighted by atomic mass is 10.4. The molecule has 0 bridgehead atoms. The fraction of sp³-hybridized carbons (Fsp3) is 0.111. The zero-order chi connectivity index (χ0) is 15.3. The molecule has 0 aliphatic heterocycles. The van der Waals surface area contributed by atoms with Crippen LogP contribution in [0.2, 0.25) is 13.1 Å². The summed E-state index contributed by atoms with van der Waals surface area (Å²) in [5.74, 6) is 0. The Bertz CT molecular complexity index is 556. The Hall–Kier alpha value is -1.69. The van der Waals surface area contributed by atoms with E-state index in [0.29, 0.717) is 0 Å². The normalized spacial score (nSPS) is 16.5. The molecule has 2 rings (SSSR count). The van der Waals surface area contributed by atoms with Crippen molar-refractivity contribution in [3.8, 4) is 0 Å². The highest BCUT2D eigenvalue weighted by Gasteiger charge is 2.23. The first-order valence-corrected chi connectivity index (χ1v) is 12.2. The summed E-state index contributed by atoms with van der Waals surface area (Å²) in [5, 5.41) is 2.60. The molecule has 21 heavy (non-hydrogen) atoms. The van der Waals surface area contributed by atoms with Crippen LogP contribution in [0, 0.1) is 0 Å². The summed E-state index contributed by atoms with van der Waals surface area (Å²) in [7, 11) is -4.12. The summed E-state index contributed by atoms with van der Waals surface area (Å²) in [5.41, 5.74) is 4.14. The fourth-order valence-corrected chi connectivity index (χ4v) is 10.3. The second-order valence-electron chi connectivity index (χ2n) is 5.55. The monoisotopic (exact) mass is 308 g/mol. The predicted molar refractivity (Wildman–Crippen MR) is 99.1 cm³/mol. The van der Waals surface area contributed by atoms with E-state index in [0.717, 1.165) is 0 Å². The molecule has 0 aliphatic rings. The van der Waals surface area contributed by atoms with Crippen molar-refractivity contribution in [3.05, 3.63) is 89.9 Å². The molecule has 2 atom stereocenters. The van der Waals surface area contributed by atoms with Crippen molar-refractivity contribution in [3.63, 3.8) is 0 Å². The van der Waals surface area contributed by atoms with Gasteiger partial charge in [-0.15, -0.1) is 24.6 Å². The van der Waals surface area contributed by atoms with Gasteiger partial charge >= 0.3 is 0 Å². The molecule has 0 saturated heterocycles. The number of hydrogen-bond acceptors (Lipinski definition) is 0. The molecule has 3 heteroatoms. The van der Waals surface area contributed by atoms with Gasteiger partial charge in [0.1, 0.15) is 0 Å². The highest BCUT2D eigenvalue weighted by Crippen LogP contribution is 2.23. The van der Waals surface area contributed by atoms with Crippen molar-refractivity contribution >= 4 is 26.8 Å². The lowest BCUT2D eigenvalue weighted by Crippen LogP contribution is -2.54. The van der Waals surface area contributed by atoms with Gasteiger partial charge in [0, 0.05) is 0 Å². The van der Waals surface area contributed by atoms with E-state index in [1.54, 1.807) is 0 Å². The molecule has 0 aromatic heterocycles. The number of benzene rings is 2. The molecular weight excluding hydrogens is 286 g/mol. The molecule has 0 aliphatic carbocycles. The summed E-state index contributed by atoms with van der Waals surface area (Å²) in [6, 6.07) is 21.1. The fourth-order valence-electron chi connectivity index (χ4n) is 2.49. The van der Waals surface area contributed by atoms with Gasteiger partial charge in [-0.25, -0.2) is 0 Å². The maximum Gasteiger partial charge on any atom is -0.00247 e. The topological polar surface area (TPSA) is 14.1 Å². The molecule has 0 fully saturated rings. The van der Waals surface area contributed by atoms with Crippen LogP contribution in [0.4, 0.5) is 0 Å². The van der Waals surface area contributed by atoms with Crippen LogP contribution in [0.1, 0.15) is 0 Å². The SMILES string of the molecule is C=C[Si](C)([N-][Si](C)(C=C)c1ccccc1)c1ccccc1. The largest absolute Gasteiger partial charge is 0.653 e. The zero-order valence-electron chi connectivity index (χ0n) is 12.8. The van der Waals surface area contributed by atoms with E-state index >= 15 is 0 Å². The second kappa shape index (κ2) is 6.39. The second-order valence-corrected chi connectivity index (χ2v) is 13.0. The third-order valence-electron chi connectivity index (χ3n) is 3.98. The first kappa shape index (κ1) is 15.7. The standard InChI is InChI=1S/C18H22NSi2/c1-5-20(3,17-13-9-7-10-14-17)19-21(4,6-2)18-15-11-8-12-16-18/h5-16H,1-2H2,3-4H3/q-1. The van der Waals surface area contributed by atoms with Gasteiger partial charge in [-0.05, 0) is 16.5 Å². The van der Waals surface area contributed by atoms with E-state index in [9.17, 15) is 0 Å². The van der Waals surface area contributed by atoms with E-state index in [1.807, 2.05) is 12.1 Å². The Labute approximate surface area is 130 Å². The average Bonchev–Trinajstić information content (AvgIpc) is 2.56. The Morgan fingerprint density at radius 2 is 1.05 bits per heavy atom. The summed E-state index contributed by atoms with van der Waals surface area (Å²) in [6.45, 7) is 12.7. The number of hydrogen-bond donors (Lipinski definition) is 0. The van der Waals surface area contributed by atoms with Crippen LogP contribution < -0.4 is 10.4 Å². The third-order valence-corrected chi connectivity index (χ3v) is 12.3. The van der Waals surface area contributed by atoms with Crippen molar-refractivity contribution in [1.82, 2.24) is 0 Å². The summed E-state index contributed by atoms with van der Waals surface area (Å²) in [4.78, 5) is 0. The molecule has 2 aromatic rings. The average molecular weight is 309 g/mol. The maximum absolute atomic E-state index is 5.36. The lowest BCUT2D eigenvalue weighted by Gasteiger charge is -2.51. The molecule has 2 aromatic carbocycles. The Morgan fingerprint density at radius 1 is 0.714 bits per heavy atom. The van der Waals surface area contributed by atoms with Crippen LogP contribution in [0.15, 0.2) is 85.2 Å². The first-order valence-electron chi connectivity index (χ1n) is 7.16. The van der Waals surface area contributed by atoms with Crippen LogP contribution in [-0.2, 0) is 0 Å². The van der Waals surface area contributed by atoms with E-state index < -0.39 is 16.5 Å². The van der Waals surface area contributed by atoms with Crippen molar-refractivity contribution < 1.29 is 0 Å². The molecule has 0 spiro atoms. The summed E-state index contributed by atoms with van der Waals surface area (Å²) >= 11 is 0. The van der Waals surface area contributed by atoms with E-state index in [2.05, 4.69) is 86.2 Å². The molecule has 0 saturated carbocycles. The highest BCUT2D eigenvalue weighted by molar-refractivity contribution is 7.16. The zero-order valence-corrected chi connectivity index (χ0v) is 14.8. The molecule has 0 heterocycles. The highest BCUT2D eigenvalue weighted by atomic mass is 28.4. The minimum atomic E-state index is -2.06. The maximum atomic E-state index is 5.36. The van der Waals surface area contributed by atoms with E-state index in [-0.39, 0.29) is 0 Å². The van der Waals surface area contributed by atoms with Gasteiger partial charge in [0.05, 0.1) is 0 Å². The number of rotatable bonds is 6. The quantitative estimate of drug-likeness (QED) is 0.721. The van der Waals surface area contributed by atoms with Crippen LogP contribution in [0.5, 0.6) is 0 Å². The molecule has 1 nitrogen and oxygen atoms in total. The predicted octanol–water partition coefficient (Wildman–Crippen LogP) is 3.78. The minimum Gasteiger partial charge on any atom is -0.653 e. The molecule has 108 valence electrons. The van der Waals surface area contributed by atoms with Crippen molar-refractivity contribution in [2.24, 2.45) is 0 Å². The Kier molecular flexibility index (Phi) is 4.78. The van der Waals surface area contributed by atoms with E-state index in [1.165, 1.54) is 10.4 Å². The number of nitrogens with zero attached hydrogens (tertiary/aromatic N) is 1. The molecule has 0 N–H and O–H groups in total. The van der Waals surface area contributed by atoms with Crippen molar-refractivity contribution in [2.75, 3.05) is 0 Å². The molecule has 0 amide bonds. The molecule has 2 unspecified atom stereocenters. The summed E-state index contributed by atoms with van der Waals surface area (Å²) < 4.78 is 5.36. The van der Waals surface area contributed by atoms with Gasteiger partial charge in [-0.1, -0.05) is 84.1 Å². The van der Waals surface area contributed by atoms with Crippen molar-refractivity contribution in [2.45, 2.75) is 13.1 Å². The Morgan fingerprint density at radius 3 is 1.33 bits per heavy atom. The van der Waals surface area contributed by atoms with Gasteiger partial charge in [0.2, 0.25) is 0 Å². The van der Waals surface area contributed by atoms with E-state index in [4.69, 9.17) is 4.65 Å². The minimum absolute atomic E-state index is 1.30. The van der Waals surface area contributed by atoms with Gasteiger partial charge in [0.15, 0.2) is 0 Å². The van der Waals surface area contributed by atoms with Gasteiger partial charge in [0.25, 0.3) is 0 Å². The first-order chi connectivity index (χ1) is 10.0. The third kappa shape index (κ3) is 3.32. The van der Waals surface area contributed by atoms with Crippen LogP contribution in [0.3, 0.4) is 0 Å². The lowest BCUT2D eigenvalue weighted by molar-refractivity contribution is 1.69. The van der Waals surface area contributed by atoms with Crippen molar-refractivity contribution in [1.29, 1.82) is 0 Å². The molecule has 0 radical (unpaired) electrons. The van der Waals surface area contributed by atoms with Crippen LogP contribution in [0.25, 0.3) is 4.65 Å².